The number of carbonyl (C=O) groups is 2. The Labute approximate surface area is 64.8 Å². The second-order valence-electron chi connectivity index (χ2n) is 2.60. The van der Waals surface area contributed by atoms with Gasteiger partial charge in [-0.3, -0.25) is 9.59 Å². The number of Topliss-reactive ketones (excluding diaryl/α,β-unsaturated/α-hetero) is 1. The van der Waals surface area contributed by atoms with Gasteiger partial charge in [-0.25, -0.2) is 0 Å². The fourth-order valence-corrected chi connectivity index (χ4v) is 0.636. The molecule has 0 saturated carbocycles. The minimum atomic E-state index is -1.08. The van der Waals surface area contributed by atoms with Crippen molar-refractivity contribution in [2.24, 2.45) is 5.92 Å². The van der Waals surface area contributed by atoms with Gasteiger partial charge in [-0.15, -0.1) is 0 Å². The second kappa shape index (κ2) is 4.08. The summed E-state index contributed by atoms with van der Waals surface area (Å²) in [5.74, 6) is -2.16. The third-order valence-corrected chi connectivity index (χ3v) is 1.46. The highest BCUT2D eigenvalue weighted by molar-refractivity contribution is 5.77. The van der Waals surface area contributed by atoms with Gasteiger partial charge in [0.05, 0.1) is 12.0 Å². The predicted molar refractivity (Wildman–Crippen MR) is 38.1 cm³/mol. The molecular weight excluding hydrogens is 148 g/mol. The number of aliphatic hydroxyl groups excluding tert-OH is 1. The molecule has 0 saturated heterocycles. The van der Waals surface area contributed by atoms with Crippen LogP contribution >= 0.6 is 0 Å². The molecule has 64 valence electrons. The average molecular weight is 160 g/mol. The molecule has 0 fully saturated rings. The zero-order chi connectivity index (χ0) is 9.02. The van der Waals surface area contributed by atoms with Gasteiger partial charge in [-0.05, 0) is 13.8 Å². The Bertz CT molecular complexity index is 164. The van der Waals surface area contributed by atoms with E-state index < -0.39 is 18.0 Å². The molecule has 0 rings (SSSR count). The molecule has 0 spiro atoms. The molecule has 0 radical (unpaired) electrons. The van der Waals surface area contributed by atoms with Crippen molar-refractivity contribution in [3.05, 3.63) is 0 Å². The summed E-state index contributed by atoms with van der Waals surface area (Å²) in [5.41, 5.74) is 0. The van der Waals surface area contributed by atoms with E-state index >= 15 is 0 Å². The van der Waals surface area contributed by atoms with Crippen molar-refractivity contribution in [3.63, 3.8) is 0 Å². The second-order valence-corrected chi connectivity index (χ2v) is 2.60. The highest BCUT2D eigenvalue weighted by atomic mass is 16.4. The van der Waals surface area contributed by atoms with Crippen LogP contribution in [0.1, 0.15) is 20.3 Å². The molecule has 11 heavy (non-hydrogen) atoms. The van der Waals surface area contributed by atoms with Gasteiger partial charge in [0.15, 0.2) is 0 Å². The van der Waals surface area contributed by atoms with Gasteiger partial charge in [-0.1, -0.05) is 0 Å². The lowest BCUT2D eigenvalue weighted by Crippen LogP contribution is -2.27. The molecule has 0 aromatic heterocycles. The molecule has 2 atom stereocenters. The number of rotatable bonds is 4. The molecule has 0 aliphatic carbocycles. The summed E-state index contributed by atoms with van der Waals surface area (Å²) < 4.78 is 0. The maximum absolute atomic E-state index is 10.4. The topological polar surface area (TPSA) is 74.6 Å². The monoisotopic (exact) mass is 160 g/mol. The van der Waals surface area contributed by atoms with Crippen molar-refractivity contribution < 1.29 is 19.8 Å². The molecule has 0 aliphatic heterocycles. The van der Waals surface area contributed by atoms with Crippen molar-refractivity contribution in [2.45, 2.75) is 26.4 Å². The Morgan fingerprint density at radius 1 is 1.45 bits per heavy atom. The maximum atomic E-state index is 10.4. The summed E-state index contributed by atoms with van der Waals surface area (Å²) in [4.78, 5) is 20.7. The van der Waals surface area contributed by atoms with E-state index in [0.29, 0.717) is 0 Å². The van der Waals surface area contributed by atoms with Crippen LogP contribution in [-0.4, -0.2) is 28.1 Å². The predicted octanol–water partition coefficient (Wildman–Crippen LogP) is 0.0471. The highest BCUT2D eigenvalue weighted by Crippen LogP contribution is 2.06. The zero-order valence-electron chi connectivity index (χ0n) is 6.57. The Morgan fingerprint density at radius 3 is 2.18 bits per heavy atom. The van der Waals surface area contributed by atoms with Crippen LogP contribution in [0, 0.1) is 5.92 Å². The quantitative estimate of drug-likeness (QED) is 0.609. The molecule has 0 bridgehead atoms. The van der Waals surface area contributed by atoms with Crippen LogP contribution in [0.25, 0.3) is 0 Å². The SMILES string of the molecule is CC(=O)C[C@@H](O)C(C)C(=O)O. The first-order chi connectivity index (χ1) is 4.95. The molecule has 4 heteroatoms. The molecule has 0 heterocycles. The number of carboxylic acid groups (broad SMARTS) is 1. The summed E-state index contributed by atoms with van der Waals surface area (Å²) in [5, 5.41) is 17.5. The van der Waals surface area contributed by atoms with E-state index in [1.165, 1.54) is 13.8 Å². The van der Waals surface area contributed by atoms with Crippen LogP contribution in [-0.2, 0) is 9.59 Å². The first-order valence-corrected chi connectivity index (χ1v) is 3.35. The van der Waals surface area contributed by atoms with Crippen molar-refractivity contribution in [2.75, 3.05) is 0 Å². The molecule has 0 aromatic rings. The Balaban J connectivity index is 3.92. The van der Waals surface area contributed by atoms with Gasteiger partial charge >= 0.3 is 5.97 Å². The average Bonchev–Trinajstić information content (AvgIpc) is 1.84. The lowest BCUT2D eigenvalue weighted by Gasteiger charge is -2.12. The van der Waals surface area contributed by atoms with E-state index in [1.54, 1.807) is 0 Å². The number of hydrogen-bond donors (Lipinski definition) is 2. The first-order valence-electron chi connectivity index (χ1n) is 3.35. The van der Waals surface area contributed by atoms with E-state index in [1.807, 2.05) is 0 Å². The third kappa shape index (κ3) is 3.72. The number of carboxylic acids is 1. The molecule has 2 N–H and O–H groups in total. The van der Waals surface area contributed by atoms with E-state index in [9.17, 15) is 9.59 Å². The number of carbonyl (C=O) groups excluding carboxylic acids is 1. The van der Waals surface area contributed by atoms with E-state index in [2.05, 4.69) is 0 Å². The number of aliphatic carboxylic acids is 1. The van der Waals surface area contributed by atoms with Gasteiger partial charge in [0, 0.05) is 6.42 Å². The van der Waals surface area contributed by atoms with E-state index in [4.69, 9.17) is 10.2 Å². The van der Waals surface area contributed by atoms with Crippen molar-refractivity contribution in [1.29, 1.82) is 0 Å². The summed E-state index contributed by atoms with van der Waals surface area (Å²) in [6.07, 6.45) is -1.15. The van der Waals surface area contributed by atoms with Crippen molar-refractivity contribution >= 4 is 11.8 Å². The smallest absolute Gasteiger partial charge is 0.308 e. The van der Waals surface area contributed by atoms with Crippen LogP contribution in [0.5, 0.6) is 0 Å². The minimum absolute atomic E-state index is 0.0898. The fraction of sp³-hybridized carbons (Fsp3) is 0.714. The lowest BCUT2D eigenvalue weighted by molar-refractivity contribution is -0.145. The van der Waals surface area contributed by atoms with Crippen molar-refractivity contribution in [3.8, 4) is 0 Å². The maximum Gasteiger partial charge on any atom is 0.308 e. The van der Waals surface area contributed by atoms with Gasteiger partial charge in [0.2, 0.25) is 0 Å². The Morgan fingerprint density at radius 2 is 1.91 bits per heavy atom. The minimum Gasteiger partial charge on any atom is -0.481 e. The first kappa shape index (κ1) is 10.1. The van der Waals surface area contributed by atoms with Crippen LogP contribution < -0.4 is 0 Å². The molecular formula is C7H12O4. The molecule has 0 aliphatic rings. The van der Waals surface area contributed by atoms with Gasteiger partial charge in [0.1, 0.15) is 5.78 Å². The van der Waals surface area contributed by atoms with E-state index in [-0.39, 0.29) is 12.2 Å². The normalized spacial score (nSPS) is 15.5. The zero-order valence-corrected chi connectivity index (χ0v) is 6.57. The van der Waals surface area contributed by atoms with Crippen molar-refractivity contribution in [1.82, 2.24) is 0 Å². The van der Waals surface area contributed by atoms with Gasteiger partial charge in [0.25, 0.3) is 0 Å². The van der Waals surface area contributed by atoms with Crippen LogP contribution in [0.15, 0.2) is 0 Å². The molecule has 4 nitrogen and oxygen atoms in total. The molecule has 0 aromatic carbocycles. The molecule has 1 unspecified atom stereocenters. The van der Waals surface area contributed by atoms with Gasteiger partial charge in [-0.2, -0.15) is 0 Å². The third-order valence-electron chi connectivity index (χ3n) is 1.46. The Hall–Kier alpha value is -0.900. The van der Waals surface area contributed by atoms with E-state index in [0.717, 1.165) is 0 Å². The summed E-state index contributed by atoms with van der Waals surface area (Å²) in [6.45, 7) is 2.69. The van der Waals surface area contributed by atoms with Crippen LogP contribution in [0.3, 0.4) is 0 Å². The molecule has 0 amide bonds. The number of ketones is 1. The van der Waals surface area contributed by atoms with Crippen LogP contribution in [0.4, 0.5) is 0 Å². The largest absolute Gasteiger partial charge is 0.481 e. The highest BCUT2D eigenvalue weighted by Gasteiger charge is 2.21. The summed E-state index contributed by atoms with van der Waals surface area (Å²) in [6, 6.07) is 0. The Kier molecular flexibility index (Phi) is 3.74. The number of hydrogen-bond acceptors (Lipinski definition) is 3. The van der Waals surface area contributed by atoms with Gasteiger partial charge < -0.3 is 10.2 Å². The standard InChI is InChI=1S/C7H12O4/c1-4(8)3-6(9)5(2)7(10)11/h5-6,9H,3H2,1-2H3,(H,10,11)/t5?,6-/m1/s1. The fourth-order valence-electron chi connectivity index (χ4n) is 0.636. The lowest BCUT2D eigenvalue weighted by atomic mass is 10.0. The summed E-state index contributed by atoms with van der Waals surface area (Å²) >= 11 is 0. The number of aliphatic hydroxyl groups is 1. The summed E-state index contributed by atoms with van der Waals surface area (Å²) in [7, 11) is 0. The van der Waals surface area contributed by atoms with Crippen LogP contribution in [0.2, 0.25) is 0 Å².